The van der Waals surface area contributed by atoms with Gasteiger partial charge in [-0.1, -0.05) is 48.0 Å². The minimum absolute atomic E-state index is 0.0229. The van der Waals surface area contributed by atoms with Gasteiger partial charge in [-0.3, -0.25) is 9.59 Å². The number of hydrogen-bond acceptors (Lipinski definition) is 3. The van der Waals surface area contributed by atoms with Crippen LogP contribution in [0.1, 0.15) is 15.9 Å². The number of benzene rings is 2. The second-order valence-electron chi connectivity index (χ2n) is 5.16. The van der Waals surface area contributed by atoms with Crippen molar-refractivity contribution in [1.29, 1.82) is 0 Å². The van der Waals surface area contributed by atoms with Crippen LogP contribution < -0.4 is 10.9 Å². The van der Waals surface area contributed by atoms with Gasteiger partial charge in [0.15, 0.2) is 0 Å². The van der Waals surface area contributed by atoms with Crippen molar-refractivity contribution in [1.82, 2.24) is 9.97 Å². The molecule has 3 aromatic rings. The molecule has 23 heavy (non-hydrogen) atoms. The van der Waals surface area contributed by atoms with Gasteiger partial charge in [-0.25, -0.2) is 4.98 Å². The SMILES string of the molecule is Cc1ccc(NC(=O)c2cnc(-c3ccccc3)[nH]c2=O)cc1. The zero-order chi connectivity index (χ0) is 16.2. The Labute approximate surface area is 133 Å². The van der Waals surface area contributed by atoms with Gasteiger partial charge < -0.3 is 10.3 Å². The third-order valence-electron chi connectivity index (χ3n) is 3.40. The summed E-state index contributed by atoms with van der Waals surface area (Å²) in [6.45, 7) is 1.96. The zero-order valence-electron chi connectivity index (χ0n) is 12.5. The first-order valence-electron chi connectivity index (χ1n) is 7.16. The summed E-state index contributed by atoms with van der Waals surface area (Å²) in [4.78, 5) is 31.1. The first kappa shape index (κ1) is 14.7. The van der Waals surface area contributed by atoms with E-state index in [-0.39, 0.29) is 5.56 Å². The molecule has 2 aromatic carbocycles. The Bertz CT molecular complexity index is 884. The van der Waals surface area contributed by atoms with Crippen LogP contribution in [0.4, 0.5) is 5.69 Å². The molecule has 1 amide bonds. The van der Waals surface area contributed by atoms with Crippen LogP contribution in [0.3, 0.4) is 0 Å². The van der Waals surface area contributed by atoms with Crippen LogP contribution in [-0.2, 0) is 0 Å². The molecule has 5 heteroatoms. The molecule has 0 aliphatic rings. The summed E-state index contributed by atoms with van der Waals surface area (Å²) in [6, 6.07) is 16.6. The minimum Gasteiger partial charge on any atom is -0.322 e. The number of aromatic amines is 1. The van der Waals surface area contributed by atoms with Crippen LogP contribution in [0.2, 0.25) is 0 Å². The van der Waals surface area contributed by atoms with E-state index >= 15 is 0 Å². The molecule has 3 rings (SSSR count). The summed E-state index contributed by atoms with van der Waals surface area (Å²) in [7, 11) is 0. The van der Waals surface area contributed by atoms with E-state index in [0.29, 0.717) is 11.5 Å². The fourth-order valence-corrected chi connectivity index (χ4v) is 2.13. The van der Waals surface area contributed by atoms with Crippen LogP contribution in [-0.4, -0.2) is 15.9 Å². The number of H-pyrrole nitrogens is 1. The van der Waals surface area contributed by atoms with Crippen molar-refractivity contribution in [2.45, 2.75) is 6.92 Å². The molecule has 0 spiro atoms. The number of carbonyl (C=O) groups is 1. The molecule has 1 heterocycles. The molecule has 5 nitrogen and oxygen atoms in total. The third-order valence-corrected chi connectivity index (χ3v) is 3.40. The molecule has 0 bridgehead atoms. The van der Waals surface area contributed by atoms with Gasteiger partial charge in [0, 0.05) is 17.4 Å². The van der Waals surface area contributed by atoms with Gasteiger partial charge in [0.2, 0.25) is 0 Å². The number of aryl methyl sites for hydroxylation is 1. The maximum absolute atomic E-state index is 12.2. The van der Waals surface area contributed by atoms with Gasteiger partial charge in [-0.2, -0.15) is 0 Å². The van der Waals surface area contributed by atoms with Crippen LogP contribution >= 0.6 is 0 Å². The summed E-state index contributed by atoms with van der Waals surface area (Å²) >= 11 is 0. The highest BCUT2D eigenvalue weighted by atomic mass is 16.2. The Morgan fingerprint density at radius 1 is 1.04 bits per heavy atom. The number of amides is 1. The normalized spacial score (nSPS) is 10.3. The average molecular weight is 305 g/mol. The van der Waals surface area contributed by atoms with E-state index in [2.05, 4.69) is 15.3 Å². The van der Waals surface area contributed by atoms with Gasteiger partial charge in [-0.05, 0) is 19.1 Å². The zero-order valence-corrected chi connectivity index (χ0v) is 12.5. The number of anilines is 1. The molecule has 0 radical (unpaired) electrons. The monoisotopic (exact) mass is 305 g/mol. The highest BCUT2D eigenvalue weighted by molar-refractivity contribution is 6.03. The van der Waals surface area contributed by atoms with Crippen molar-refractivity contribution in [2.24, 2.45) is 0 Å². The van der Waals surface area contributed by atoms with Gasteiger partial charge in [0.05, 0.1) is 0 Å². The van der Waals surface area contributed by atoms with E-state index in [1.165, 1.54) is 6.20 Å². The van der Waals surface area contributed by atoms with Crippen molar-refractivity contribution < 1.29 is 4.79 Å². The molecule has 0 aliphatic carbocycles. The molecule has 0 atom stereocenters. The Balaban J connectivity index is 1.84. The van der Waals surface area contributed by atoms with E-state index in [1.54, 1.807) is 12.1 Å². The van der Waals surface area contributed by atoms with Crippen molar-refractivity contribution in [2.75, 3.05) is 5.32 Å². The number of rotatable bonds is 3. The van der Waals surface area contributed by atoms with Gasteiger partial charge >= 0.3 is 0 Å². The predicted octanol–water partition coefficient (Wildman–Crippen LogP) is 3.00. The second kappa shape index (κ2) is 6.27. The molecule has 1 aromatic heterocycles. The molecule has 0 saturated heterocycles. The average Bonchev–Trinajstić information content (AvgIpc) is 2.57. The summed E-state index contributed by atoms with van der Waals surface area (Å²) in [6.07, 6.45) is 1.30. The summed E-state index contributed by atoms with van der Waals surface area (Å²) < 4.78 is 0. The Morgan fingerprint density at radius 3 is 2.39 bits per heavy atom. The van der Waals surface area contributed by atoms with Gasteiger partial charge in [-0.15, -0.1) is 0 Å². The lowest BCUT2D eigenvalue weighted by atomic mass is 10.2. The number of carbonyl (C=O) groups excluding carboxylic acids is 1. The quantitative estimate of drug-likeness (QED) is 0.781. The number of nitrogens with one attached hydrogen (secondary N) is 2. The summed E-state index contributed by atoms with van der Waals surface area (Å²) in [5.41, 5.74) is 2.02. The van der Waals surface area contributed by atoms with Crippen LogP contribution in [0.25, 0.3) is 11.4 Å². The summed E-state index contributed by atoms with van der Waals surface area (Å²) in [5, 5.41) is 2.69. The molecule has 0 aliphatic heterocycles. The maximum atomic E-state index is 12.2. The van der Waals surface area contributed by atoms with Crippen LogP contribution in [0, 0.1) is 6.92 Å². The van der Waals surface area contributed by atoms with E-state index in [0.717, 1.165) is 11.1 Å². The van der Waals surface area contributed by atoms with E-state index < -0.39 is 11.5 Å². The molecular weight excluding hydrogens is 290 g/mol. The molecule has 0 unspecified atom stereocenters. The Kier molecular flexibility index (Phi) is 4.01. The summed E-state index contributed by atoms with van der Waals surface area (Å²) in [5.74, 6) is -0.0512. The lowest BCUT2D eigenvalue weighted by Crippen LogP contribution is -2.24. The van der Waals surface area contributed by atoms with Crippen LogP contribution in [0.5, 0.6) is 0 Å². The lowest BCUT2D eigenvalue weighted by Gasteiger charge is -2.06. The smallest absolute Gasteiger partial charge is 0.264 e. The van der Waals surface area contributed by atoms with Gasteiger partial charge in [0.25, 0.3) is 11.5 Å². The largest absolute Gasteiger partial charge is 0.322 e. The number of nitrogens with zero attached hydrogens (tertiary/aromatic N) is 1. The van der Waals surface area contributed by atoms with E-state index in [9.17, 15) is 9.59 Å². The second-order valence-corrected chi connectivity index (χ2v) is 5.16. The van der Waals surface area contributed by atoms with E-state index in [1.807, 2.05) is 49.4 Å². The van der Waals surface area contributed by atoms with E-state index in [4.69, 9.17) is 0 Å². The van der Waals surface area contributed by atoms with Gasteiger partial charge in [0.1, 0.15) is 11.4 Å². The third kappa shape index (κ3) is 3.35. The predicted molar refractivity (Wildman–Crippen MR) is 89.4 cm³/mol. The fourth-order valence-electron chi connectivity index (χ4n) is 2.13. The first-order chi connectivity index (χ1) is 11.1. The Hall–Kier alpha value is -3.21. The molecule has 114 valence electrons. The molecule has 0 fully saturated rings. The van der Waals surface area contributed by atoms with Crippen molar-refractivity contribution in [3.63, 3.8) is 0 Å². The van der Waals surface area contributed by atoms with Crippen LogP contribution in [0.15, 0.2) is 65.6 Å². The number of aromatic nitrogens is 2. The molecule has 0 saturated carbocycles. The van der Waals surface area contributed by atoms with Crippen molar-refractivity contribution in [3.8, 4) is 11.4 Å². The first-order valence-corrected chi connectivity index (χ1v) is 7.16. The number of hydrogen-bond donors (Lipinski definition) is 2. The van der Waals surface area contributed by atoms with Crippen molar-refractivity contribution >= 4 is 11.6 Å². The fraction of sp³-hybridized carbons (Fsp3) is 0.0556. The standard InChI is InChI=1S/C18H15N3O2/c1-12-7-9-14(10-8-12)20-17(22)15-11-19-16(21-18(15)23)13-5-3-2-4-6-13/h2-11H,1H3,(H,20,22)(H,19,21,23). The lowest BCUT2D eigenvalue weighted by molar-refractivity contribution is 0.102. The minimum atomic E-state index is -0.484. The molecular formula is C18H15N3O2. The molecule has 2 N–H and O–H groups in total. The topological polar surface area (TPSA) is 74.8 Å². The maximum Gasteiger partial charge on any atom is 0.264 e. The van der Waals surface area contributed by atoms with Crippen molar-refractivity contribution in [3.05, 3.63) is 82.3 Å². The highest BCUT2D eigenvalue weighted by Crippen LogP contribution is 2.13. The highest BCUT2D eigenvalue weighted by Gasteiger charge is 2.12. The Morgan fingerprint density at radius 2 is 1.74 bits per heavy atom.